The number of anilines is 1. The number of aromatic nitrogens is 3. The van der Waals surface area contributed by atoms with Gasteiger partial charge in [-0.2, -0.15) is 0 Å². The average molecular weight is 656 g/mol. The summed E-state index contributed by atoms with van der Waals surface area (Å²) >= 11 is 3.52. The van der Waals surface area contributed by atoms with Gasteiger partial charge in [0.1, 0.15) is 9.88 Å². The molecule has 0 aliphatic rings. The Labute approximate surface area is 267 Å². The monoisotopic (exact) mass is 655 g/mol. The number of nitrogens with zero attached hydrogens (tertiary/aromatic N) is 3. The first-order valence-electron chi connectivity index (χ1n) is 14.0. The van der Waals surface area contributed by atoms with Crippen molar-refractivity contribution in [2.75, 3.05) is 18.5 Å². The van der Waals surface area contributed by atoms with E-state index in [0.29, 0.717) is 34.4 Å². The van der Waals surface area contributed by atoms with Crippen molar-refractivity contribution in [2.45, 2.75) is 57.6 Å². The molecule has 0 spiro atoms. The predicted octanol–water partition coefficient (Wildman–Crippen LogP) is 5.35. The van der Waals surface area contributed by atoms with Crippen LogP contribution in [0.1, 0.15) is 67.4 Å². The molecule has 0 aliphatic heterocycles. The van der Waals surface area contributed by atoms with Crippen LogP contribution in [0, 0.1) is 6.92 Å². The summed E-state index contributed by atoms with van der Waals surface area (Å²) in [6.07, 6.45) is 0.687. The highest BCUT2D eigenvalue weighted by atomic mass is 32.2. The molecule has 3 heterocycles. The topological polar surface area (TPSA) is 142 Å². The maximum Gasteiger partial charge on any atom is 0.348 e. The van der Waals surface area contributed by atoms with Crippen LogP contribution in [-0.2, 0) is 33.8 Å². The van der Waals surface area contributed by atoms with Gasteiger partial charge in [0.05, 0.1) is 35.4 Å². The number of aryl methyl sites for hydroxylation is 1. The minimum absolute atomic E-state index is 0.125. The molecule has 1 aromatic carbocycles. The van der Waals surface area contributed by atoms with Gasteiger partial charge in [-0.3, -0.25) is 9.59 Å². The number of esters is 2. The van der Waals surface area contributed by atoms with Crippen LogP contribution in [0.2, 0.25) is 0 Å². The van der Waals surface area contributed by atoms with Gasteiger partial charge < -0.3 is 24.7 Å². The largest absolute Gasteiger partial charge is 0.462 e. The van der Waals surface area contributed by atoms with Crippen LogP contribution >= 0.6 is 34.4 Å². The molecule has 0 radical (unpaired) electrons. The van der Waals surface area contributed by atoms with Crippen LogP contribution in [0.25, 0.3) is 0 Å². The van der Waals surface area contributed by atoms with E-state index in [2.05, 4.69) is 20.8 Å². The summed E-state index contributed by atoms with van der Waals surface area (Å²) in [5, 5.41) is 16.3. The van der Waals surface area contributed by atoms with E-state index < -0.39 is 23.1 Å². The number of thiophene rings is 2. The molecular formula is C30H33N5O6S3. The predicted molar refractivity (Wildman–Crippen MR) is 171 cm³/mol. The fourth-order valence-corrected chi connectivity index (χ4v) is 6.79. The molecule has 4 aromatic rings. The van der Waals surface area contributed by atoms with E-state index in [1.54, 1.807) is 33.8 Å². The molecule has 0 saturated heterocycles. The van der Waals surface area contributed by atoms with E-state index >= 15 is 0 Å². The summed E-state index contributed by atoms with van der Waals surface area (Å²) in [6, 6.07) is 13.5. The lowest BCUT2D eigenvalue weighted by atomic mass is 10.1. The number of hydrogen-bond donors (Lipinski definition) is 2. The van der Waals surface area contributed by atoms with Crippen LogP contribution in [0.4, 0.5) is 5.00 Å². The van der Waals surface area contributed by atoms with Crippen molar-refractivity contribution < 1.29 is 28.7 Å². The number of carbonyl (C=O) groups excluding carboxylic acids is 4. The van der Waals surface area contributed by atoms with Crippen molar-refractivity contribution in [3.8, 4) is 0 Å². The number of benzene rings is 1. The van der Waals surface area contributed by atoms with E-state index in [-0.39, 0.29) is 41.1 Å². The van der Waals surface area contributed by atoms with Gasteiger partial charge in [-0.05, 0) is 56.7 Å². The van der Waals surface area contributed by atoms with E-state index in [1.165, 1.54) is 23.1 Å². The molecular weight excluding hydrogens is 623 g/mol. The Balaban J connectivity index is 1.53. The second-order valence-electron chi connectivity index (χ2n) is 9.40. The van der Waals surface area contributed by atoms with Gasteiger partial charge in [-0.1, -0.05) is 48.2 Å². The zero-order valence-electron chi connectivity index (χ0n) is 24.7. The Bertz CT molecular complexity index is 1600. The highest BCUT2D eigenvalue weighted by Crippen LogP contribution is 2.35. The number of rotatable bonds is 14. The molecule has 0 saturated carbocycles. The molecule has 1 atom stereocenters. The lowest BCUT2D eigenvalue weighted by Gasteiger charge is -2.14. The summed E-state index contributed by atoms with van der Waals surface area (Å²) in [7, 11) is 0. The Hall–Kier alpha value is -4.01. The molecule has 232 valence electrons. The van der Waals surface area contributed by atoms with Crippen LogP contribution in [0.15, 0.2) is 53.0 Å². The summed E-state index contributed by atoms with van der Waals surface area (Å²) in [5.41, 5.74) is 1.63. The highest BCUT2D eigenvalue weighted by molar-refractivity contribution is 8.00. The van der Waals surface area contributed by atoms with Gasteiger partial charge in [0, 0.05) is 6.54 Å². The highest BCUT2D eigenvalue weighted by Gasteiger charge is 2.29. The SMILES string of the molecule is CCOC(=O)c1sc(NC(=O)[C@@H](C)Sc2nnc(CNC(=O)c3cccs3)n2CCc2ccccc2)c(C(=O)OCC)c1C. The Morgan fingerprint density at radius 1 is 1.00 bits per heavy atom. The fourth-order valence-electron chi connectivity index (χ4n) is 4.17. The summed E-state index contributed by atoms with van der Waals surface area (Å²) < 4.78 is 12.2. The smallest absolute Gasteiger partial charge is 0.348 e. The molecule has 44 heavy (non-hydrogen) atoms. The van der Waals surface area contributed by atoms with Gasteiger partial charge in [0.15, 0.2) is 11.0 Å². The van der Waals surface area contributed by atoms with Gasteiger partial charge in [-0.25, -0.2) is 9.59 Å². The maximum atomic E-state index is 13.4. The first-order chi connectivity index (χ1) is 21.2. The molecule has 0 fully saturated rings. The second kappa shape index (κ2) is 15.6. The number of amides is 2. The molecule has 4 rings (SSSR count). The van der Waals surface area contributed by atoms with Crippen molar-refractivity contribution in [1.29, 1.82) is 0 Å². The summed E-state index contributed by atoms with van der Waals surface area (Å²) in [6.45, 7) is 7.70. The number of carbonyl (C=O) groups is 4. The molecule has 0 bridgehead atoms. The Kier molecular flexibility index (Phi) is 11.7. The molecule has 2 N–H and O–H groups in total. The quantitative estimate of drug-likeness (QED) is 0.136. The van der Waals surface area contributed by atoms with E-state index in [0.717, 1.165) is 16.9 Å². The van der Waals surface area contributed by atoms with Crippen molar-refractivity contribution in [3.05, 3.63) is 80.1 Å². The van der Waals surface area contributed by atoms with Gasteiger partial charge in [0.25, 0.3) is 5.91 Å². The Morgan fingerprint density at radius 2 is 1.73 bits per heavy atom. The third kappa shape index (κ3) is 8.12. The van der Waals surface area contributed by atoms with E-state index in [4.69, 9.17) is 9.47 Å². The molecule has 2 amide bonds. The third-order valence-corrected chi connectivity index (χ3v) is 9.52. The second-order valence-corrected chi connectivity index (χ2v) is 12.7. The molecule has 11 nitrogen and oxygen atoms in total. The van der Waals surface area contributed by atoms with Gasteiger partial charge in [0.2, 0.25) is 5.91 Å². The lowest BCUT2D eigenvalue weighted by molar-refractivity contribution is -0.115. The van der Waals surface area contributed by atoms with Crippen molar-refractivity contribution in [2.24, 2.45) is 0 Å². The zero-order valence-corrected chi connectivity index (χ0v) is 27.2. The van der Waals surface area contributed by atoms with E-state index in [1.807, 2.05) is 46.3 Å². The molecule has 3 aromatic heterocycles. The van der Waals surface area contributed by atoms with Crippen LogP contribution < -0.4 is 10.6 Å². The molecule has 0 aliphatic carbocycles. The third-order valence-electron chi connectivity index (χ3n) is 6.39. The zero-order chi connectivity index (χ0) is 31.6. The van der Waals surface area contributed by atoms with E-state index in [9.17, 15) is 19.2 Å². The summed E-state index contributed by atoms with van der Waals surface area (Å²) in [5.74, 6) is -1.26. The van der Waals surface area contributed by atoms with Gasteiger partial charge >= 0.3 is 11.9 Å². The maximum absolute atomic E-state index is 13.4. The van der Waals surface area contributed by atoms with Crippen molar-refractivity contribution in [1.82, 2.24) is 20.1 Å². The first kappa shape index (κ1) is 32.9. The van der Waals surface area contributed by atoms with Crippen molar-refractivity contribution >= 4 is 63.2 Å². The van der Waals surface area contributed by atoms with Crippen molar-refractivity contribution in [3.63, 3.8) is 0 Å². The Morgan fingerprint density at radius 3 is 2.41 bits per heavy atom. The van der Waals surface area contributed by atoms with Gasteiger partial charge in [-0.15, -0.1) is 32.9 Å². The minimum Gasteiger partial charge on any atom is -0.462 e. The van der Waals surface area contributed by atoms with Crippen LogP contribution in [0.5, 0.6) is 0 Å². The summed E-state index contributed by atoms with van der Waals surface area (Å²) in [4.78, 5) is 52.1. The number of ether oxygens (including phenoxy) is 2. The number of nitrogens with one attached hydrogen (secondary N) is 2. The number of hydrogen-bond acceptors (Lipinski definition) is 11. The van der Waals surface area contributed by atoms with Crippen LogP contribution in [-0.4, -0.2) is 57.0 Å². The lowest BCUT2D eigenvalue weighted by Crippen LogP contribution is -2.25. The number of thioether (sulfide) groups is 1. The molecule has 14 heteroatoms. The normalized spacial score (nSPS) is 11.5. The fraction of sp³-hybridized carbons (Fsp3) is 0.333. The average Bonchev–Trinajstić information content (AvgIpc) is 3.75. The standard InChI is InChI=1S/C30H33N5O6S3/c1-5-40-28(38)23-18(3)24(29(39)41-6-2)44-27(23)32-25(36)19(4)43-30-34-33-22(17-31-26(37)21-13-10-16-42-21)35(30)15-14-20-11-8-7-9-12-20/h7-13,16,19H,5-6,14-15,17H2,1-4H3,(H,31,37)(H,32,36)/t19-/m1/s1. The van der Waals surface area contributed by atoms with Crippen LogP contribution in [0.3, 0.4) is 0 Å². The molecule has 0 unspecified atom stereocenters. The minimum atomic E-state index is -0.660. The first-order valence-corrected chi connectivity index (χ1v) is 16.5.